The number of nitrogens with one attached hydrogen (secondary N) is 1. The fourth-order valence-electron chi connectivity index (χ4n) is 2.17. The molecule has 1 aromatic rings. The van der Waals surface area contributed by atoms with Gasteiger partial charge in [-0.1, -0.05) is 24.3 Å². The van der Waals surface area contributed by atoms with Crippen molar-refractivity contribution in [2.75, 3.05) is 11.4 Å². The van der Waals surface area contributed by atoms with Crippen molar-refractivity contribution in [1.29, 1.82) is 0 Å². The monoisotopic (exact) mass is 228 g/mol. The van der Waals surface area contributed by atoms with Crippen LogP contribution in [-0.2, 0) is 6.42 Å². The van der Waals surface area contributed by atoms with E-state index in [-0.39, 0.29) is 6.03 Å². The van der Waals surface area contributed by atoms with Gasteiger partial charge >= 0.3 is 6.03 Å². The van der Waals surface area contributed by atoms with E-state index in [1.807, 2.05) is 23.1 Å². The summed E-state index contributed by atoms with van der Waals surface area (Å²) in [5, 5.41) is 2.84. The van der Waals surface area contributed by atoms with E-state index < -0.39 is 0 Å². The van der Waals surface area contributed by atoms with Crippen molar-refractivity contribution >= 4 is 11.7 Å². The number of allylic oxidation sites excluding steroid dienone is 1. The summed E-state index contributed by atoms with van der Waals surface area (Å²) in [5.41, 5.74) is 2.30. The summed E-state index contributed by atoms with van der Waals surface area (Å²) < 4.78 is 0. The summed E-state index contributed by atoms with van der Waals surface area (Å²) in [5.74, 6) is 0.696. The van der Waals surface area contributed by atoms with Gasteiger partial charge in [0, 0.05) is 18.4 Å². The second-order valence-corrected chi connectivity index (χ2v) is 4.68. The van der Waals surface area contributed by atoms with Crippen molar-refractivity contribution in [2.45, 2.75) is 19.3 Å². The Hall–Kier alpha value is -1.77. The van der Waals surface area contributed by atoms with E-state index in [2.05, 4.69) is 17.5 Å². The van der Waals surface area contributed by atoms with Crippen LogP contribution in [0.2, 0.25) is 0 Å². The molecule has 1 N–H and O–H groups in total. The average Bonchev–Trinajstić information content (AvgIpc) is 3.07. The molecule has 3 nitrogen and oxygen atoms in total. The van der Waals surface area contributed by atoms with Crippen LogP contribution < -0.4 is 10.2 Å². The first-order chi connectivity index (χ1) is 8.34. The normalized spacial score (nSPS) is 18.5. The van der Waals surface area contributed by atoms with Gasteiger partial charge in [0.15, 0.2) is 0 Å². The fourth-order valence-corrected chi connectivity index (χ4v) is 2.17. The van der Waals surface area contributed by atoms with Crippen molar-refractivity contribution in [3.8, 4) is 0 Å². The summed E-state index contributed by atoms with van der Waals surface area (Å²) in [4.78, 5) is 13.8. The minimum atomic E-state index is -0.0214. The predicted molar refractivity (Wildman–Crippen MR) is 67.9 cm³/mol. The van der Waals surface area contributed by atoms with Crippen molar-refractivity contribution < 1.29 is 4.79 Å². The number of amides is 2. The third-order valence-electron chi connectivity index (χ3n) is 3.33. The lowest BCUT2D eigenvalue weighted by Crippen LogP contribution is -2.36. The maximum Gasteiger partial charge on any atom is 0.325 e. The lowest BCUT2D eigenvalue weighted by Gasteiger charge is -2.16. The van der Waals surface area contributed by atoms with Gasteiger partial charge in [-0.05, 0) is 36.8 Å². The van der Waals surface area contributed by atoms with E-state index >= 15 is 0 Å². The molecule has 3 rings (SSSR count). The number of nitrogens with zero attached hydrogens (tertiary/aromatic N) is 1. The van der Waals surface area contributed by atoms with Crippen LogP contribution in [0.15, 0.2) is 36.5 Å². The quantitative estimate of drug-likeness (QED) is 0.829. The van der Waals surface area contributed by atoms with Crippen LogP contribution >= 0.6 is 0 Å². The molecular weight excluding hydrogens is 212 g/mol. The molecule has 1 saturated carbocycles. The predicted octanol–water partition coefficient (Wildman–Crippen LogP) is 2.68. The topological polar surface area (TPSA) is 32.3 Å². The number of hydrogen-bond acceptors (Lipinski definition) is 1. The van der Waals surface area contributed by atoms with E-state index in [4.69, 9.17) is 0 Å². The Morgan fingerprint density at radius 2 is 2.18 bits per heavy atom. The number of carbonyl (C=O) groups is 1. The highest BCUT2D eigenvalue weighted by atomic mass is 16.2. The molecule has 0 bridgehead atoms. The Morgan fingerprint density at radius 3 is 3.00 bits per heavy atom. The Morgan fingerprint density at radius 1 is 1.35 bits per heavy atom. The lowest BCUT2D eigenvalue weighted by atomic mass is 10.2. The zero-order valence-electron chi connectivity index (χ0n) is 9.73. The highest BCUT2D eigenvalue weighted by molar-refractivity contribution is 5.94. The molecule has 17 heavy (non-hydrogen) atoms. The minimum Gasteiger partial charge on any atom is -0.315 e. The molecule has 1 aliphatic heterocycles. The Bertz CT molecular complexity index is 463. The molecule has 0 radical (unpaired) electrons. The summed E-state index contributed by atoms with van der Waals surface area (Å²) in [7, 11) is 0. The van der Waals surface area contributed by atoms with Gasteiger partial charge < -0.3 is 5.32 Å². The number of benzene rings is 1. The van der Waals surface area contributed by atoms with Crippen LogP contribution in [0, 0.1) is 5.92 Å². The van der Waals surface area contributed by atoms with Crippen molar-refractivity contribution in [3.05, 3.63) is 42.1 Å². The maximum atomic E-state index is 12.0. The van der Waals surface area contributed by atoms with Gasteiger partial charge in [-0.15, -0.1) is 0 Å². The lowest BCUT2D eigenvalue weighted by molar-refractivity contribution is 0.250. The van der Waals surface area contributed by atoms with Gasteiger partial charge in [-0.25, -0.2) is 4.79 Å². The summed E-state index contributed by atoms with van der Waals surface area (Å²) >= 11 is 0. The summed E-state index contributed by atoms with van der Waals surface area (Å²) in [6.45, 7) is 0.780. The number of urea groups is 1. The van der Waals surface area contributed by atoms with Crippen LogP contribution in [0.5, 0.6) is 0 Å². The summed E-state index contributed by atoms with van der Waals surface area (Å²) in [6.07, 6.45) is 7.36. The van der Waals surface area contributed by atoms with Gasteiger partial charge in [0.1, 0.15) is 0 Å². The van der Waals surface area contributed by atoms with E-state index in [0.29, 0.717) is 5.92 Å². The highest BCUT2D eigenvalue weighted by Gasteiger charge is 2.23. The number of para-hydroxylation sites is 1. The standard InChI is InChI=1S/C14H16N2O/c17-14(15-9-7-11-5-6-11)16-10-8-12-3-1-2-4-13(12)16/h1-4,7,9,11H,5-6,8,10H2,(H,15,17)/b9-7+. The zero-order valence-corrected chi connectivity index (χ0v) is 9.73. The zero-order chi connectivity index (χ0) is 11.7. The molecule has 0 saturated heterocycles. The molecule has 1 aromatic carbocycles. The van der Waals surface area contributed by atoms with Crippen LogP contribution in [0.3, 0.4) is 0 Å². The largest absolute Gasteiger partial charge is 0.325 e. The van der Waals surface area contributed by atoms with E-state index in [1.165, 1.54) is 18.4 Å². The molecule has 88 valence electrons. The Balaban J connectivity index is 1.66. The van der Waals surface area contributed by atoms with Gasteiger partial charge in [0.25, 0.3) is 0 Å². The minimum absolute atomic E-state index is 0.0214. The van der Waals surface area contributed by atoms with Crippen LogP contribution in [0.4, 0.5) is 10.5 Å². The fraction of sp³-hybridized carbons (Fsp3) is 0.357. The first-order valence-corrected chi connectivity index (χ1v) is 6.17. The first-order valence-electron chi connectivity index (χ1n) is 6.17. The smallest absolute Gasteiger partial charge is 0.315 e. The van der Waals surface area contributed by atoms with E-state index in [1.54, 1.807) is 6.20 Å². The van der Waals surface area contributed by atoms with E-state index in [0.717, 1.165) is 18.7 Å². The number of fused-ring (bicyclic) bond motifs is 1. The molecule has 0 atom stereocenters. The third kappa shape index (κ3) is 2.18. The second-order valence-electron chi connectivity index (χ2n) is 4.68. The number of carbonyl (C=O) groups excluding carboxylic acids is 1. The number of hydrogen-bond donors (Lipinski definition) is 1. The summed E-state index contributed by atoms with van der Waals surface area (Å²) in [6, 6.07) is 8.07. The maximum absolute atomic E-state index is 12.0. The molecule has 0 aromatic heterocycles. The van der Waals surface area contributed by atoms with Gasteiger partial charge in [0.05, 0.1) is 0 Å². The molecule has 1 aliphatic carbocycles. The Labute approximate surface area is 101 Å². The van der Waals surface area contributed by atoms with Gasteiger partial charge in [-0.3, -0.25) is 4.90 Å². The molecule has 1 heterocycles. The molecular formula is C14H16N2O. The highest BCUT2D eigenvalue weighted by Crippen LogP contribution is 2.30. The molecule has 0 unspecified atom stereocenters. The SMILES string of the molecule is O=C(N/C=C/C1CC1)N1CCc2ccccc21. The van der Waals surface area contributed by atoms with Crippen LogP contribution in [0.25, 0.3) is 0 Å². The number of anilines is 1. The molecule has 3 heteroatoms. The van der Waals surface area contributed by atoms with Crippen molar-refractivity contribution in [1.82, 2.24) is 5.32 Å². The molecule has 2 amide bonds. The van der Waals surface area contributed by atoms with E-state index in [9.17, 15) is 4.79 Å². The average molecular weight is 228 g/mol. The van der Waals surface area contributed by atoms with Crippen molar-refractivity contribution in [3.63, 3.8) is 0 Å². The third-order valence-corrected chi connectivity index (χ3v) is 3.33. The molecule has 1 fully saturated rings. The molecule has 2 aliphatic rings. The van der Waals surface area contributed by atoms with Crippen molar-refractivity contribution in [2.24, 2.45) is 5.92 Å². The molecule has 0 spiro atoms. The van der Waals surface area contributed by atoms with Gasteiger partial charge in [-0.2, -0.15) is 0 Å². The van der Waals surface area contributed by atoms with Gasteiger partial charge in [0.2, 0.25) is 0 Å². The Kier molecular flexibility index (Phi) is 2.59. The second kappa shape index (κ2) is 4.24. The van der Waals surface area contributed by atoms with Crippen LogP contribution in [0.1, 0.15) is 18.4 Å². The number of rotatable bonds is 2. The first kappa shape index (κ1) is 10.4. The van der Waals surface area contributed by atoms with Crippen LogP contribution in [-0.4, -0.2) is 12.6 Å².